The molecule has 0 radical (unpaired) electrons. The van der Waals surface area contributed by atoms with Gasteiger partial charge in [0, 0.05) is 5.02 Å². The van der Waals surface area contributed by atoms with E-state index in [-0.39, 0.29) is 5.60 Å². The zero-order chi connectivity index (χ0) is 21.8. The Hall–Kier alpha value is -0.619. The molecule has 1 fully saturated rings. The first-order valence-corrected chi connectivity index (χ1v) is 20.6. The Kier molecular flexibility index (Phi) is 8.22. The lowest BCUT2D eigenvalue weighted by Gasteiger charge is -2.38. The Labute approximate surface area is 186 Å². The van der Waals surface area contributed by atoms with Crippen LogP contribution in [-0.4, -0.2) is 30.4 Å². The Balaban J connectivity index is 2.13. The highest BCUT2D eigenvalue weighted by Gasteiger charge is 2.36. The molecule has 0 amide bonds. The van der Waals surface area contributed by atoms with Crippen LogP contribution < -0.4 is 4.65 Å². The van der Waals surface area contributed by atoms with Crippen molar-refractivity contribution in [3.8, 4) is 11.5 Å². The average Bonchev–Trinajstić information content (AvgIpc) is 2.58. The quantitative estimate of drug-likeness (QED) is 0.362. The van der Waals surface area contributed by atoms with Crippen molar-refractivity contribution in [1.29, 1.82) is 0 Å². The first-order valence-electron chi connectivity index (χ1n) is 10.8. The molecule has 1 saturated carbocycles. The standard InChI is InChI=1S/C23H38ClNOSi3/c1-27(2,3)26-23(16-9-8-10-17-23)18-20-29(6,7)25-28(4,5)19-15-21-11-13-22(24)14-12-21/h11-15,19,25H,8-10,16-17H2,1-7H3/b19-15+. The summed E-state index contributed by atoms with van der Waals surface area (Å²) in [6.07, 6.45) is 8.17. The summed E-state index contributed by atoms with van der Waals surface area (Å²) in [5, 5.41) is 0.776. The number of hydrogen-bond acceptors (Lipinski definition) is 2. The van der Waals surface area contributed by atoms with Gasteiger partial charge >= 0.3 is 0 Å². The molecule has 0 heterocycles. The maximum Gasteiger partial charge on any atom is 0.195 e. The summed E-state index contributed by atoms with van der Waals surface area (Å²) in [7, 11) is -5.24. The molecule has 29 heavy (non-hydrogen) atoms. The summed E-state index contributed by atoms with van der Waals surface area (Å²) in [6, 6.07) is 8.00. The van der Waals surface area contributed by atoms with Crippen LogP contribution in [0, 0.1) is 11.5 Å². The molecule has 1 aromatic carbocycles. The Morgan fingerprint density at radius 2 is 1.55 bits per heavy atom. The number of halogens is 1. The van der Waals surface area contributed by atoms with Crippen LogP contribution in [0.3, 0.4) is 0 Å². The molecule has 1 aliphatic carbocycles. The van der Waals surface area contributed by atoms with Gasteiger partial charge in [0.25, 0.3) is 0 Å². The molecular weight excluding hydrogens is 426 g/mol. The van der Waals surface area contributed by atoms with Crippen LogP contribution >= 0.6 is 11.6 Å². The van der Waals surface area contributed by atoms with Crippen LogP contribution in [0.5, 0.6) is 0 Å². The maximum atomic E-state index is 6.65. The minimum atomic E-state index is -1.88. The fourth-order valence-corrected chi connectivity index (χ4v) is 13.7. The van der Waals surface area contributed by atoms with Gasteiger partial charge in [-0.25, -0.2) is 0 Å². The van der Waals surface area contributed by atoms with Crippen molar-refractivity contribution in [2.45, 2.75) is 83.5 Å². The molecule has 0 bridgehead atoms. The van der Waals surface area contributed by atoms with E-state index in [4.69, 9.17) is 16.0 Å². The van der Waals surface area contributed by atoms with Gasteiger partial charge in [0.05, 0.1) is 0 Å². The highest BCUT2D eigenvalue weighted by Crippen LogP contribution is 2.34. The average molecular weight is 464 g/mol. The highest BCUT2D eigenvalue weighted by molar-refractivity contribution is 6.97. The molecule has 6 heteroatoms. The number of benzene rings is 1. The third-order valence-corrected chi connectivity index (χ3v) is 13.0. The van der Waals surface area contributed by atoms with Crippen molar-refractivity contribution in [3.63, 3.8) is 0 Å². The molecule has 0 atom stereocenters. The second-order valence-corrected chi connectivity index (χ2v) is 23.5. The molecule has 1 N–H and O–H groups in total. The van der Waals surface area contributed by atoms with Crippen LogP contribution in [0.25, 0.3) is 6.08 Å². The minimum Gasteiger partial charge on any atom is -0.402 e. The Morgan fingerprint density at radius 3 is 2.10 bits per heavy atom. The van der Waals surface area contributed by atoms with Gasteiger partial charge in [0.2, 0.25) is 0 Å². The van der Waals surface area contributed by atoms with Crippen LogP contribution in [-0.2, 0) is 4.43 Å². The lowest BCUT2D eigenvalue weighted by molar-refractivity contribution is 0.0796. The zero-order valence-electron chi connectivity index (χ0n) is 19.3. The van der Waals surface area contributed by atoms with Crippen LogP contribution in [0.2, 0.25) is 50.9 Å². The van der Waals surface area contributed by atoms with E-state index in [0.29, 0.717) is 0 Å². The van der Waals surface area contributed by atoms with Gasteiger partial charge in [0.15, 0.2) is 16.6 Å². The first kappa shape index (κ1) is 24.6. The molecule has 0 aliphatic heterocycles. The molecule has 0 aromatic heterocycles. The van der Waals surface area contributed by atoms with E-state index in [9.17, 15) is 0 Å². The Bertz CT molecular complexity index is 764. The van der Waals surface area contributed by atoms with Crippen molar-refractivity contribution < 1.29 is 4.43 Å². The predicted octanol–water partition coefficient (Wildman–Crippen LogP) is 6.99. The molecule has 0 spiro atoms. The molecule has 1 aliphatic rings. The summed E-state index contributed by atoms with van der Waals surface area (Å²) in [4.78, 5) is 0. The van der Waals surface area contributed by atoms with E-state index in [1.54, 1.807) is 0 Å². The van der Waals surface area contributed by atoms with Crippen molar-refractivity contribution in [2.24, 2.45) is 0 Å². The van der Waals surface area contributed by atoms with Crippen molar-refractivity contribution >= 4 is 42.5 Å². The third-order valence-electron chi connectivity index (χ3n) is 4.96. The molecule has 2 rings (SSSR count). The smallest absolute Gasteiger partial charge is 0.195 e. The lowest BCUT2D eigenvalue weighted by Crippen LogP contribution is -2.58. The molecular formula is C23H38ClNOSi3. The van der Waals surface area contributed by atoms with Gasteiger partial charge in [-0.3, -0.25) is 0 Å². The summed E-state index contributed by atoms with van der Waals surface area (Å²) in [6.45, 7) is 16.2. The van der Waals surface area contributed by atoms with Gasteiger partial charge in [-0.05, 0) is 76.1 Å². The van der Waals surface area contributed by atoms with E-state index in [1.807, 2.05) is 12.1 Å². The molecule has 0 saturated heterocycles. The van der Waals surface area contributed by atoms with Gasteiger partial charge in [0.1, 0.15) is 13.8 Å². The largest absolute Gasteiger partial charge is 0.402 e. The summed E-state index contributed by atoms with van der Waals surface area (Å²) >= 11 is 5.99. The molecule has 2 nitrogen and oxygen atoms in total. The van der Waals surface area contributed by atoms with Gasteiger partial charge in [-0.1, -0.05) is 60.9 Å². The van der Waals surface area contributed by atoms with Crippen LogP contribution in [0.4, 0.5) is 0 Å². The summed E-state index contributed by atoms with van der Waals surface area (Å²) in [5.74, 6) is 3.68. The lowest BCUT2D eigenvalue weighted by atomic mass is 9.86. The number of nitrogens with one attached hydrogen (secondary N) is 1. The highest BCUT2D eigenvalue weighted by atomic mass is 35.5. The molecule has 160 valence electrons. The van der Waals surface area contributed by atoms with E-state index in [1.165, 1.54) is 24.8 Å². The fourth-order valence-electron chi connectivity index (χ4n) is 3.99. The number of rotatable bonds is 6. The molecule has 0 unspecified atom stereocenters. The van der Waals surface area contributed by atoms with Crippen molar-refractivity contribution in [1.82, 2.24) is 4.65 Å². The summed E-state index contributed by atoms with van der Waals surface area (Å²) < 4.78 is 10.6. The second kappa shape index (κ2) is 9.67. The van der Waals surface area contributed by atoms with Crippen LogP contribution in [0.15, 0.2) is 30.0 Å². The topological polar surface area (TPSA) is 21.3 Å². The van der Waals surface area contributed by atoms with Gasteiger partial charge in [-0.2, -0.15) is 0 Å². The SMILES string of the molecule is C[Si](C)(C#CC1(O[Si](C)(C)C)CCCCC1)N[Si](C)(C)/C=C/c1ccc(Cl)cc1. The monoisotopic (exact) mass is 463 g/mol. The minimum absolute atomic E-state index is 0.209. The Morgan fingerprint density at radius 1 is 0.966 bits per heavy atom. The second-order valence-electron chi connectivity index (χ2n) is 10.4. The number of hydrogen-bond donors (Lipinski definition) is 1. The van der Waals surface area contributed by atoms with Crippen LogP contribution in [0.1, 0.15) is 37.7 Å². The van der Waals surface area contributed by atoms with Gasteiger partial charge in [-0.15, -0.1) is 5.54 Å². The van der Waals surface area contributed by atoms with E-state index in [0.717, 1.165) is 17.9 Å². The fraction of sp³-hybridized carbons (Fsp3) is 0.565. The third kappa shape index (κ3) is 8.95. The predicted molar refractivity (Wildman–Crippen MR) is 137 cm³/mol. The summed E-state index contributed by atoms with van der Waals surface area (Å²) in [5.41, 5.74) is 7.05. The zero-order valence-corrected chi connectivity index (χ0v) is 23.0. The van der Waals surface area contributed by atoms with Crippen molar-refractivity contribution in [3.05, 3.63) is 40.6 Å². The van der Waals surface area contributed by atoms with E-state index < -0.39 is 24.8 Å². The molecule has 1 aromatic rings. The van der Waals surface area contributed by atoms with E-state index >= 15 is 0 Å². The van der Waals surface area contributed by atoms with Gasteiger partial charge < -0.3 is 9.07 Å². The van der Waals surface area contributed by atoms with E-state index in [2.05, 4.69) is 85.8 Å². The normalized spacial score (nSPS) is 17.8. The van der Waals surface area contributed by atoms with Crippen molar-refractivity contribution in [2.75, 3.05) is 0 Å². The maximum absolute atomic E-state index is 6.65. The first-order chi connectivity index (χ1) is 13.3.